The molecule has 0 atom stereocenters. The Morgan fingerprint density at radius 3 is 1.44 bits per heavy atom. The molecule has 0 aromatic rings. The molecule has 0 spiro atoms. The van der Waals surface area contributed by atoms with E-state index in [4.69, 9.17) is 0 Å². The lowest BCUT2D eigenvalue weighted by Gasteiger charge is -2.21. The number of hydrogen-bond acceptors (Lipinski definition) is 1. The van der Waals surface area contributed by atoms with Crippen LogP contribution in [0.4, 0.5) is 0 Å². The third-order valence-corrected chi connectivity index (χ3v) is 6.64. The Labute approximate surface area is 173 Å². The van der Waals surface area contributed by atoms with Gasteiger partial charge in [0.05, 0.1) is 0 Å². The minimum Gasteiger partial charge on any atom is -0.303 e. The fourth-order valence-corrected chi connectivity index (χ4v) is 4.98. The highest BCUT2D eigenvalue weighted by Crippen LogP contribution is 2.28. The Kier molecular flexibility index (Phi) is 17.9. The largest absolute Gasteiger partial charge is 0.303 e. The maximum Gasteiger partial charge on any atom is -0.00187 e. The van der Waals surface area contributed by atoms with Crippen molar-refractivity contribution >= 4 is 0 Å². The zero-order chi connectivity index (χ0) is 19.4. The molecule has 0 heterocycles. The second-order valence-corrected chi connectivity index (χ2v) is 9.38. The molecule has 0 aromatic carbocycles. The van der Waals surface area contributed by atoms with Crippen LogP contribution in [0.5, 0.6) is 0 Å². The summed E-state index contributed by atoms with van der Waals surface area (Å²) in [5.74, 6) is 1.10. The molecule has 0 unspecified atom stereocenters. The molecular formula is C26H53N. The molecule has 0 saturated heterocycles. The topological polar surface area (TPSA) is 3.24 Å². The summed E-state index contributed by atoms with van der Waals surface area (Å²) in [6.45, 7) is 8.55. The van der Waals surface area contributed by atoms with Crippen LogP contribution in [0.15, 0.2) is 0 Å². The molecule has 0 bridgehead atoms. The van der Waals surface area contributed by atoms with Gasteiger partial charge in [-0.1, -0.05) is 123 Å². The third kappa shape index (κ3) is 15.5. The van der Waals surface area contributed by atoms with Crippen molar-refractivity contribution in [2.24, 2.45) is 5.92 Å². The summed E-state index contributed by atoms with van der Waals surface area (Å²) in [7, 11) is 0. The van der Waals surface area contributed by atoms with Crippen LogP contribution >= 0.6 is 0 Å². The summed E-state index contributed by atoms with van der Waals surface area (Å²) in [5.41, 5.74) is 0. The summed E-state index contributed by atoms with van der Waals surface area (Å²) in [4.78, 5) is 2.66. The fraction of sp³-hybridized carbons (Fsp3) is 1.00. The normalized spacial score (nSPS) is 15.7. The molecule has 1 heteroatoms. The van der Waals surface area contributed by atoms with Gasteiger partial charge in [-0.05, 0) is 44.8 Å². The van der Waals surface area contributed by atoms with Crippen LogP contribution in [0.25, 0.3) is 0 Å². The molecule has 27 heavy (non-hydrogen) atoms. The molecule has 1 nitrogen and oxygen atoms in total. The second-order valence-electron chi connectivity index (χ2n) is 9.38. The Hall–Kier alpha value is -0.0400. The SMILES string of the molecule is CCCN(CCC)CCCCCCCCCCCCCCC1CCCCC1. The smallest absolute Gasteiger partial charge is 0.00187 e. The van der Waals surface area contributed by atoms with Crippen molar-refractivity contribution in [3.05, 3.63) is 0 Å². The molecule has 0 amide bonds. The second kappa shape index (κ2) is 19.3. The number of rotatable bonds is 19. The van der Waals surface area contributed by atoms with E-state index in [-0.39, 0.29) is 0 Å². The summed E-state index contributed by atoms with van der Waals surface area (Å²) < 4.78 is 0. The van der Waals surface area contributed by atoms with E-state index in [0.717, 1.165) is 5.92 Å². The maximum atomic E-state index is 2.66. The van der Waals surface area contributed by atoms with Gasteiger partial charge in [-0.2, -0.15) is 0 Å². The van der Waals surface area contributed by atoms with Gasteiger partial charge in [-0.15, -0.1) is 0 Å². The molecular weight excluding hydrogens is 326 g/mol. The first kappa shape index (κ1) is 25.0. The van der Waals surface area contributed by atoms with Crippen molar-refractivity contribution in [2.45, 2.75) is 142 Å². The van der Waals surface area contributed by atoms with E-state index in [9.17, 15) is 0 Å². The van der Waals surface area contributed by atoms with E-state index in [2.05, 4.69) is 18.7 Å². The van der Waals surface area contributed by atoms with Crippen molar-refractivity contribution in [1.29, 1.82) is 0 Å². The number of nitrogens with zero attached hydrogens (tertiary/aromatic N) is 1. The zero-order valence-corrected chi connectivity index (χ0v) is 19.3. The van der Waals surface area contributed by atoms with Gasteiger partial charge in [0.25, 0.3) is 0 Å². The van der Waals surface area contributed by atoms with Crippen molar-refractivity contribution in [2.75, 3.05) is 19.6 Å². The monoisotopic (exact) mass is 379 g/mol. The first-order chi connectivity index (χ1) is 13.4. The van der Waals surface area contributed by atoms with E-state index >= 15 is 0 Å². The van der Waals surface area contributed by atoms with Crippen LogP contribution in [0.2, 0.25) is 0 Å². The summed E-state index contributed by atoms with van der Waals surface area (Å²) in [6.07, 6.45) is 29.5. The molecule has 0 aliphatic heterocycles. The maximum absolute atomic E-state index is 2.66. The van der Waals surface area contributed by atoms with Crippen LogP contribution in [-0.2, 0) is 0 Å². The molecule has 1 fully saturated rings. The van der Waals surface area contributed by atoms with Crippen molar-refractivity contribution in [3.63, 3.8) is 0 Å². The van der Waals surface area contributed by atoms with Gasteiger partial charge in [0.15, 0.2) is 0 Å². The first-order valence-electron chi connectivity index (χ1n) is 13.1. The molecule has 162 valence electrons. The minimum atomic E-state index is 1.10. The zero-order valence-electron chi connectivity index (χ0n) is 19.3. The molecule has 0 N–H and O–H groups in total. The molecule has 0 radical (unpaired) electrons. The quantitative estimate of drug-likeness (QED) is 0.203. The number of hydrogen-bond donors (Lipinski definition) is 0. The Bertz CT molecular complexity index is 276. The van der Waals surface area contributed by atoms with Gasteiger partial charge in [0.1, 0.15) is 0 Å². The average molecular weight is 380 g/mol. The van der Waals surface area contributed by atoms with Crippen molar-refractivity contribution in [3.8, 4) is 0 Å². The van der Waals surface area contributed by atoms with E-state index in [1.807, 2.05) is 0 Å². The molecule has 0 aromatic heterocycles. The molecule has 1 aliphatic rings. The van der Waals surface area contributed by atoms with Gasteiger partial charge in [-0.3, -0.25) is 0 Å². The Morgan fingerprint density at radius 1 is 0.519 bits per heavy atom. The van der Waals surface area contributed by atoms with Gasteiger partial charge >= 0.3 is 0 Å². The lowest BCUT2D eigenvalue weighted by atomic mass is 9.85. The van der Waals surface area contributed by atoms with Crippen LogP contribution in [0, 0.1) is 5.92 Å². The summed E-state index contributed by atoms with van der Waals surface area (Å²) in [5, 5.41) is 0. The predicted octanol–water partition coefficient (Wildman–Crippen LogP) is 8.76. The molecule has 1 aliphatic carbocycles. The van der Waals surface area contributed by atoms with Gasteiger partial charge < -0.3 is 4.90 Å². The number of unbranched alkanes of at least 4 members (excludes halogenated alkanes) is 11. The van der Waals surface area contributed by atoms with E-state index in [1.165, 1.54) is 148 Å². The predicted molar refractivity (Wildman–Crippen MR) is 124 cm³/mol. The Balaban J connectivity index is 1.73. The lowest BCUT2D eigenvalue weighted by molar-refractivity contribution is 0.267. The van der Waals surface area contributed by atoms with Crippen LogP contribution in [0.3, 0.4) is 0 Å². The summed E-state index contributed by atoms with van der Waals surface area (Å²) in [6, 6.07) is 0. The minimum absolute atomic E-state index is 1.10. The van der Waals surface area contributed by atoms with E-state index in [0.29, 0.717) is 0 Å². The van der Waals surface area contributed by atoms with E-state index < -0.39 is 0 Å². The Morgan fingerprint density at radius 2 is 0.963 bits per heavy atom. The highest BCUT2D eigenvalue weighted by Gasteiger charge is 2.12. The first-order valence-corrected chi connectivity index (χ1v) is 13.1. The summed E-state index contributed by atoms with van der Waals surface area (Å²) >= 11 is 0. The van der Waals surface area contributed by atoms with Crippen molar-refractivity contribution in [1.82, 2.24) is 4.90 Å². The van der Waals surface area contributed by atoms with Gasteiger partial charge in [0.2, 0.25) is 0 Å². The third-order valence-electron chi connectivity index (χ3n) is 6.64. The van der Waals surface area contributed by atoms with Crippen LogP contribution in [-0.4, -0.2) is 24.5 Å². The average Bonchev–Trinajstić information content (AvgIpc) is 2.69. The van der Waals surface area contributed by atoms with Gasteiger partial charge in [0, 0.05) is 0 Å². The van der Waals surface area contributed by atoms with Crippen LogP contribution in [0.1, 0.15) is 142 Å². The highest BCUT2D eigenvalue weighted by molar-refractivity contribution is 4.65. The van der Waals surface area contributed by atoms with Crippen molar-refractivity contribution < 1.29 is 0 Å². The highest BCUT2D eigenvalue weighted by atomic mass is 15.1. The lowest BCUT2D eigenvalue weighted by Crippen LogP contribution is -2.26. The van der Waals surface area contributed by atoms with E-state index in [1.54, 1.807) is 0 Å². The molecule has 1 rings (SSSR count). The fourth-order valence-electron chi connectivity index (χ4n) is 4.98. The van der Waals surface area contributed by atoms with Gasteiger partial charge in [-0.25, -0.2) is 0 Å². The molecule has 1 saturated carbocycles. The standard InChI is InChI=1S/C26H53N/c1-3-23-27(24-4-2)25-19-14-12-10-8-6-5-7-9-11-13-16-20-26-21-17-15-18-22-26/h26H,3-25H2,1-2H3. The van der Waals surface area contributed by atoms with Crippen LogP contribution < -0.4 is 0 Å².